The lowest BCUT2D eigenvalue weighted by atomic mass is 10.0. The second-order valence-corrected chi connectivity index (χ2v) is 5.75. The van der Waals surface area contributed by atoms with Gasteiger partial charge in [-0.05, 0) is 29.9 Å². The molecule has 2 aromatic heterocycles. The van der Waals surface area contributed by atoms with Crippen LogP contribution in [0.2, 0.25) is 0 Å². The molecular weight excluding hydrogens is 184 g/mol. The van der Waals surface area contributed by atoms with Crippen molar-refractivity contribution in [3.05, 3.63) is 21.9 Å². The largest absolute Gasteiger partial charge is 0.133 e. The second-order valence-electron chi connectivity index (χ2n) is 3.35. The Hall–Kier alpha value is -0.340. The molecule has 0 spiro atoms. The van der Waals surface area contributed by atoms with Gasteiger partial charge in [-0.15, -0.1) is 22.7 Å². The maximum absolute atomic E-state index is 2.27. The van der Waals surface area contributed by atoms with Crippen molar-refractivity contribution in [1.29, 1.82) is 0 Å². The molecule has 2 heteroatoms. The molecule has 0 aliphatic carbocycles. The Bertz CT molecular complexity index is 393. The fourth-order valence-corrected chi connectivity index (χ4v) is 4.06. The summed E-state index contributed by atoms with van der Waals surface area (Å²) in [6.07, 6.45) is 0. The van der Waals surface area contributed by atoms with Crippen LogP contribution in [0.15, 0.2) is 11.4 Å². The normalized spacial score (nSPS) is 11.7. The summed E-state index contributed by atoms with van der Waals surface area (Å²) in [6, 6.07) is 2.25. The van der Waals surface area contributed by atoms with Crippen molar-refractivity contribution < 1.29 is 0 Å². The highest BCUT2D eigenvalue weighted by atomic mass is 32.2. The van der Waals surface area contributed by atoms with Crippen molar-refractivity contribution in [1.82, 2.24) is 0 Å². The second kappa shape index (κ2) is 2.86. The van der Waals surface area contributed by atoms with Crippen LogP contribution < -0.4 is 0 Å². The Labute approximate surface area is 80.9 Å². The lowest BCUT2D eigenvalue weighted by molar-refractivity contribution is 0.873. The van der Waals surface area contributed by atoms with Crippen molar-refractivity contribution in [2.45, 2.75) is 26.7 Å². The summed E-state index contributed by atoms with van der Waals surface area (Å²) in [5, 5.41) is 3.67. The van der Waals surface area contributed by atoms with E-state index in [4.69, 9.17) is 0 Å². The quantitative estimate of drug-likeness (QED) is 0.634. The molecule has 64 valence electrons. The van der Waals surface area contributed by atoms with Crippen LogP contribution in [0.4, 0.5) is 0 Å². The highest BCUT2D eigenvalue weighted by molar-refractivity contribution is 7.37. The van der Waals surface area contributed by atoms with Crippen molar-refractivity contribution >= 4 is 32.1 Å². The van der Waals surface area contributed by atoms with E-state index < -0.39 is 0 Å². The Balaban J connectivity index is 2.76. The summed E-state index contributed by atoms with van der Waals surface area (Å²) in [6.45, 7) is 6.77. The topological polar surface area (TPSA) is 0 Å². The Kier molecular flexibility index (Phi) is 1.97. The summed E-state index contributed by atoms with van der Waals surface area (Å²) in [7, 11) is 0. The molecule has 0 aliphatic rings. The van der Waals surface area contributed by atoms with E-state index >= 15 is 0 Å². The number of aryl methyl sites for hydroxylation is 1. The molecule has 0 radical (unpaired) electrons. The third-order valence-electron chi connectivity index (χ3n) is 2.12. The van der Waals surface area contributed by atoms with Gasteiger partial charge in [0.05, 0.1) is 4.01 Å². The first kappa shape index (κ1) is 8.27. The molecule has 0 N–H and O–H groups in total. The van der Waals surface area contributed by atoms with E-state index in [2.05, 4.69) is 32.2 Å². The Morgan fingerprint density at radius 1 is 1.33 bits per heavy atom. The summed E-state index contributed by atoms with van der Waals surface area (Å²) in [5.41, 5.74) is 1.55. The van der Waals surface area contributed by atoms with Crippen molar-refractivity contribution in [3.8, 4) is 0 Å². The molecular formula is C10H12S2. The maximum atomic E-state index is 2.27. The van der Waals surface area contributed by atoms with E-state index in [-0.39, 0.29) is 0 Å². The van der Waals surface area contributed by atoms with Gasteiger partial charge >= 0.3 is 0 Å². The summed E-state index contributed by atoms with van der Waals surface area (Å²) >= 11 is 3.79. The van der Waals surface area contributed by atoms with Crippen LogP contribution in [0, 0.1) is 6.92 Å². The summed E-state index contributed by atoms with van der Waals surface area (Å²) < 4.78 is 1.48. The van der Waals surface area contributed by atoms with Crippen LogP contribution in [0.25, 0.3) is 9.40 Å². The zero-order chi connectivity index (χ0) is 8.72. The summed E-state index contributed by atoms with van der Waals surface area (Å²) in [4.78, 5) is 1.49. The monoisotopic (exact) mass is 196 g/mol. The van der Waals surface area contributed by atoms with E-state index in [1.165, 1.54) is 14.3 Å². The summed E-state index contributed by atoms with van der Waals surface area (Å²) in [5.74, 6) is 0.661. The SMILES string of the molecule is Cc1sc2sccc2c1C(C)C. The molecule has 2 rings (SSSR count). The molecule has 0 unspecified atom stereocenters. The van der Waals surface area contributed by atoms with Crippen molar-refractivity contribution in [3.63, 3.8) is 0 Å². The maximum Gasteiger partial charge on any atom is 0.0870 e. The first-order chi connectivity index (χ1) is 5.70. The fourth-order valence-electron chi connectivity index (χ4n) is 1.68. The van der Waals surface area contributed by atoms with E-state index in [0.29, 0.717) is 5.92 Å². The predicted octanol–water partition coefficient (Wildman–Crippen LogP) is 4.39. The highest BCUT2D eigenvalue weighted by Gasteiger charge is 2.12. The zero-order valence-corrected chi connectivity index (χ0v) is 9.18. The van der Waals surface area contributed by atoms with E-state index in [1.807, 2.05) is 22.7 Å². The van der Waals surface area contributed by atoms with Crippen molar-refractivity contribution in [2.75, 3.05) is 0 Å². The predicted molar refractivity (Wildman–Crippen MR) is 58.5 cm³/mol. The van der Waals surface area contributed by atoms with Gasteiger partial charge < -0.3 is 0 Å². The molecule has 0 aromatic carbocycles. The average molecular weight is 196 g/mol. The van der Waals surface area contributed by atoms with E-state index in [0.717, 1.165) is 0 Å². The molecule has 0 saturated heterocycles. The third-order valence-corrected chi connectivity index (χ3v) is 4.30. The Morgan fingerprint density at radius 2 is 2.08 bits per heavy atom. The standard InChI is InChI=1S/C10H12S2/c1-6(2)9-7(3)12-10-8(9)4-5-11-10/h4-6H,1-3H3. The third kappa shape index (κ3) is 1.10. The smallest absolute Gasteiger partial charge is 0.0870 e. The molecule has 2 aromatic rings. The average Bonchev–Trinajstić information content (AvgIpc) is 2.44. The minimum absolute atomic E-state index is 0.661. The minimum atomic E-state index is 0.661. The van der Waals surface area contributed by atoms with Crippen LogP contribution in [-0.4, -0.2) is 0 Å². The van der Waals surface area contributed by atoms with Gasteiger partial charge in [0.15, 0.2) is 0 Å². The number of hydrogen-bond donors (Lipinski definition) is 0. The van der Waals surface area contributed by atoms with E-state index in [1.54, 1.807) is 5.56 Å². The van der Waals surface area contributed by atoms with Gasteiger partial charge in [-0.1, -0.05) is 13.8 Å². The lowest BCUT2D eigenvalue weighted by Gasteiger charge is -2.03. The van der Waals surface area contributed by atoms with Crippen molar-refractivity contribution in [2.24, 2.45) is 0 Å². The van der Waals surface area contributed by atoms with Gasteiger partial charge in [0.25, 0.3) is 0 Å². The fraction of sp³-hybridized carbons (Fsp3) is 0.400. The van der Waals surface area contributed by atoms with Gasteiger partial charge in [0, 0.05) is 10.3 Å². The van der Waals surface area contributed by atoms with Gasteiger partial charge in [-0.2, -0.15) is 0 Å². The number of fused-ring (bicyclic) bond motifs is 1. The van der Waals surface area contributed by atoms with Crippen LogP contribution in [0.5, 0.6) is 0 Å². The molecule has 0 fully saturated rings. The molecule has 0 amide bonds. The number of thiophene rings is 2. The molecule has 2 heterocycles. The lowest BCUT2D eigenvalue weighted by Crippen LogP contribution is -1.85. The highest BCUT2D eigenvalue weighted by Crippen LogP contribution is 2.38. The van der Waals surface area contributed by atoms with Gasteiger partial charge in [-0.3, -0.25) is 0 Å². The number of hydrogen-bond acceptors (Lipinski definition) is 2. The number of rotatable bonds is 1. The molecule has 0 bridgehead atoms. The molecule has 0 nitrogen and oxygen atoms in total. The molecule has 0 aliphatic heterocycles. The van der Waals surface area contributed by atoms with Gasteiger partial charge in [-0.25, -0.2) is 0 Å². The van der Waals surface area contributed by atoms with Crippen LogP contribution in [0.1, 0.15) is 30.2 Å². The van der Waals surface area contributed by atoms with E-state index in [9.17, 15) is 0 Å². The minimum Gasteiger partial charge on any atom is -0.133 e. The first-order valence-electron chi connectivity index (χ1n) is 4.16. The van der Waals surface area contributed by atoms with Gasteiger partial charge in [0.2, 0.25) is 0 Å². The molecule has 0 atom stereocenters. The molecule has 12 heavy (non-hydrogen) atoms. The first-order valence-corrected chi connectivity index (χ1v) is 5.86. The Morgan fingerprint density at radius 3 is 2.75 bits per heavy atom. The van der Waals surface area contributed by atoms with Crippen LogP contribution in [0.3, 0.4) is 0 Å². The van der Waals surface area contributed by atoms with Crippen LogP contribution >= 0.6 is 22.7 Å². The zero-order valence-electron chi connectivity index (χ0n) is 7.55. The van der Waals surface area contributed by atoms with Gasteiger partial charge in [0.1, 0.15) is 0 Å². The molecule has 0 saturated carbocycles. The van der Waals surface area contributed by atoms with Crippen LogP contribution in [-0.2, 0) is 0 Å².